The van der Waals surface area contributed by atoms with Gasteiger partial charge in [-0.15, -0.1) is 0 Å². The van der Waals surface area contributed by atoms with Crippen molar-refractivity contribution >= 4 is 15.9 Å². The summed E-state index contributed by atoms with van der Waals surface area (Å²) in [6.45, 7) is 2.14. The number of amides is 1. The summed E-state index contributed by atoms with van der Waals surface area (Å²) >= 11 is 0. The van der Waals surface area contributed by atoms with E-state index < -0.39 is 15.9 Å². The number of sulfonamides is 1. The fraction of sp³-hybridized carbons (Fsp3) is 0.444. The number of hydrogen-bond donors (Lipinski definition) is 3. The van der Waals surface area contributed by atoms with Crippen LogP contribution in [0, 0.1) is 0 Å². The van der Waals surface area contributed by atoms with Gasteiger partial charge in [0, 0.05) is 19.3 Å². The molecule has 1 amide bonds. The third-order valence-corrected chi connectivity index (χ3v) is 2.92. The minimum absolute atomic E-state index is 0.123. The first-order valence-electron chi connectivity index (χ1n) is 4.85. The van der Waals surface area contributed by atoms with Gasteiger partial charge in [0.05, 0.1) is 11.5 Å². The summed E-state index contributed by atoms with van der Waals surface area (Å²) in [4.78, 5) is 14.1. The van der Waals surface area contributed by atoms with E-state index in [9.17, 15) is 13.2 Å². The van der Waals surface area contributed by atoms with Gasteiger partial charge in [0.1, 0.15) is 5.69 Å². The summed E-state index contributed by atoms with van der Waals surface area (Å²) in [6, 6.07) is 1.01. The number of methoxy groups -OCH3 is 1. The molecule has 0 aromatic carbocycles. The number of aromatic nitrogens is 1. The maximum Gasteiger partial charge on any atom is 0.268 e. The zero-order valence-electron chi connectivity index (χ0n) is 9.56. The van der Waals surface area contributed by atoms with Crippen molar-refractivity contribution in [2.75, 3.05) is 13.7 Å². The number of carbonyl (C=O) groups is 1. The number of primary sulfonamides is 1. The Hall–Kier alpha value is -1.38. The standard InChI is InChI=1S/C9H15N3O4S/c1-6(5-16-2)12-9(13)8-3-7(4-11-8)17(10,14)15/h3-4,6,11H,5H2,1-2H3,(H,12,13)(H2,10,14,15). The van der Waals surface area contributed by atoms with Crippen LogP contribution in [-0.4, -0.2) is 39.1 Å². The highest BCUT2D eigenvalue weighted by Gasteiger charge is 2.15. The molecule has 1 atom stereocenters. The molecule has 0 bridgehead atoms. The maximum atomic E-state index is 11.6. The number of carbonyl (C=O) groups excluding carboxylic acids is 1. The average molecular weight is 261 g/mol. The van der Waals surface area contributed by atoms with Gasteiger partial charge in [0.2, 0.25) is 10.0 Å². The van der Waals surface area contributed by atoms with E-state index in [4.69, 9.17) is 9.88 Å². The van der Waals surface area contributed by atoms with Crippen molar-refractivity contribution in [3.05, 3.63) is 18.0 Å². The molecule has 0 spiro atoms. The molecule has 96 valence electrons. The summed E-state index contributed by atoms with van der Waals surface area (Å²) in [6.07, 6.45) is 1.17. The predicted molar refractivity (Wildman–Crippen MR) is 61.0 cm³/mol. The lowest BCUT2D eigenvalue weighted by Gasteiger charge is -2.11. The molecular formula is C9H15N3O4S. The number of nitrogens with two attached hydrogens (primary N) is 1. The number of H-pyrrole nitrogens is 1. The second kappa shape index (κ2) is 5.30. The van der Waals surface area contributed by atoms with Crippen LogP contribution in [-0.2, 0) is 14.8 Å². The molecule has 0 saturated carbocycles. The molecule has 0 radical (unpaired) electrons. The zero-order chi connectivity index (χ0) is 13.1. The molecule has 4 N–H and O–H groups in total. The lowest BCUT2D eigenvalue weighted by Crippen LogP contribution is -2.35. The van der Waals surface area contributed by atoms with E-state index in [1.165, 1.54) is 19.4 Å². The first-order valence-corrected chi connectivity index (χ1v) is 6.40. The Kier molecular flexibility index (Phi) is 4.27. The van der Waals surface area contributed by atoms with Crippen LogP contribution in [0.2, 0.25) is 0 Å². The Bertz CT molecular complexity index is 494. The molecule has 0 saturated heterocycles. The molecule has 1 unspecified atom stereocenters. The van der Waals surface area contributed by atoms with Gasteiger partial charge < -0.3 is 15.0 Å². The fourth-order valence-electron chi connectivity index (χ4n) is 1.26. The average Bonchev–Trinajstić information content (AvgIpc) is 2.65. The van der Waals surface area contributed by atoms with Crippen molar-refractivity contribution in [1.82, 2.24) is 10.3 Å². The minimum Gasteiger partial charge on any atom is -0.383 e. The Balaban J connectivity index is 2.74. The summed E-state index contributed by atoms with van der Waals surface area (Å²) in [5.41, 5.74) is 0.136. The topological polar surface area (TPSA) is 114 Å². The first-order chi connectivity index (χ1) is 7.84. The second-order valence-electron chi connectivity index (χ2n) is 3.62. The summed E-state index contributed by atoms with van der Waals surface area (Å²) in [5.74, 6) is -0.413. The van der Waals surface area contributed by atoms with Crippen molar-refractivity contribution in [1.29, 1.82) is 0 Å². The molecule has 1 aromatic heterocycles. The van der Waals surface area contributed by atoms with Crippen LogP contribution in [0.5, 0.6) is 0 Å². The van der Waals surface area contributed by atoms with Crippen LogP contribution >= 0.6 is 0 Å². The van der Waals surface area contributed by atoms with Gasteiger partial charge in [-0.1, -0.05) is 0 Å². The van der Waals surface area contributed by atoms with Crippen LogP contribution in [0.4, 0.5) is 0 Å². The van der Waals surface area contributed by atoms with E-state index in [1.54, 1.807) is 6.92 Å². The largest absolute Gasteiger partial charge is 0.383 e. The molecule has 0 aliphatic rings. The molecule has 8 heteroatoms. The van der Waals surface area contributed by atoms with E-state index >= 15 is 0 Å². The first kappa shape index (κ1) is 13.7. The summed E-state index contributed by atoms with van der Waals surface area (Å²) in [7, 11) is -2.27. The third kappa shape index (κ3) is 3.84. The molecule has 7 nitrogen and oxygen atoms in total. The quantitative estimate of drug-likeness (QED) is 0.658. The minimum atomic E-state index is -3.79. The van der Waals surface area contributed by atoms with E-state index in [0.717, 1.165) is 0 Å². The van der Waals surface area contributed by atoms with Crippen LogP contribution in [0.15, 0.2) is 17.2 Å². The monoisotopic (exact) mass is 261 g/mol. The Labute approximate surface area is 99.4 Å². The Morgan fingerprint density at radius 3 is 2.76 bits per heavy atom. The summed E-state index contributed by atoms with van der Waals surface area (Å²) in [5, 5.41) is 7.55. The lowest BCUT2D eigenvalue weighted by molar-refractivity contribution is 0.0901. The van der Waals surface area contributed by atoms with Gasteiger partial charge in [-0.2, -0.15) is 0 Å². The lowest BCUT2D eigenvalue weighted by atomic mass is 10.3. The molecule has 1 heterocycles. The van der Waals surface area contributed by atoms with E-state index in [1.807, 2.05) is 0 Å². The SMILES string of the molecule is COCC(C)NC(=O)c1cc(S(N)(=O)=O)c[nH]1. The highest BCUT2D eigenvalue weighted by molar-refractivity contribution is 7.89. The Morgan fingerprint density at radius 2 is 2.29 bits per heavy atom. The third-order valence-electron chi connectivity index (χ3n) is 2.02. The van der Waals surface area contributed by atoms with Crippen LogP contribution in [0.1, 0.15) is 17.4 Å². The smallest absolute Gasteiger partial charge is 0.268 e. The van der Waals surface area contributed by atoms with Gasteiger partial charge in [-0.25, -0.2) is 13.6 Å². The highest BCUT2D eigenvalue weighted by atomic mass is 32.2. The Morgan fingerprint density at radius 1 is 1.65 bits per heavy atom. The molecule has 1 rings (SSSR count). The van der Waals surface area contributed by atoms with Crippen molar-refractivity contribution in [2.24, 2.45) is 5.14 Å². The highest BCUT2D eigenvalue weighted by Crippen LogP contribution is 2.08. The molecule has 0 fully saturated rings. The number of rotatable bonds is 5. The van der Waals surface area contributed by atoms with Crippen LogP contribution in [0.3, 0.4) is 0 Å². The number of hydrogen-bond acceptors (Lipinski definition) is 4. The predicted octanol–water partition coefficient (Wildman–Crippen LogP) is -0.573. The zero-order valence-corrected chi connectivity index (χ0v) is 10.4. The van der Waals surface area contributed by atoms with Crippen LogP contribution < -0.4 is 10.5 Å². The summed E-state index contributed by atoms with van der Waals surface area (Å²) < 4.78 is 26.9. The van der Waals surface area contributed by atoms with E-state index in [-0.39, 0.29) is 16.6 Å². The normalized spacial score (nSPS) is 13.4. The van der Waals surface area contributed by atoms with Gasteiger partial charge >= 0.3 is 0 Å². The van der Waals surface area contributed by atoms with Crippen molar-refractivity contribution in [3.63, 3.8) is 0 Å². The molecular weight excluding hydrogens is 246 g/mol. The van der Waals surface area contributed by atoms with Crippen LogP contribution in [0.25, 0.3) is 0 Å². The molecule has 1 aromatic rings. The number of nitrogens with one attached hydrogen (secondary N) is 2. The van der Waals surface area contributed by atoms with Gasteiger partial charge in [-0.3, -0.25) is 4.79 Å². The fourth-order valence-corrected chi connectivity index (χ4v) is 1.77. The van der Waals surface area contributed by atoms with Crippen molar-refractivity contribution < 1.29 is 17.9 Å². The van der Waals surface area contributed by atoms with E-state index in [2.05, 4.69) is 10.3 Å². The van der Waals surface area contributed by atoms with Crippen molar-refractivity contribution in [3.8, 4) is 0 Å². The molecule has 17 heavy (non-hydrogen) atoms. The number of ether oxygens (including phenoxy) is 1. The second-order valence-corrected chi connectivity index (χ2v) is 5.19. The van der Waals surface area contributed by atoms with Gasteiger partial charge in [-0.05, 0) is 13.0 Å². The maximum absolute atomic E-state index is 11.6. The van der Waals surface area contributed by atoms with Gasteiger partial charge in [0.15, 0.2) is 0 Å². The molecule has 0 aliphatic carbocycles. The molecule has 0 aliphatic heterocycles. The number of aromatic amines is 1. The van der Waals surface area contributed by atoms with E-state index in [0.29, 0.717) is 6.61 Å². The van der Waals surface area contributed by atoms with Gasteiger partial charge in [0.25, 0.3) is 5.91 Å². The van der Waals surface area contributed by atoms with Crippen molar-refractivity contribution in [2.45, 2.75) is 17.9 Å².